The van der Waals surface area contributed by atoms with Crippen LogP contribution in [0.25, 0.3) is 16.2 Å². The van der Waals surface area contributed by atoms with Crippen LogP contribution in [0.4, 0.5) is 5.82 Å². The summed E-state index contributed by atoms with van der Waals surface area (Å²) < 4.78 is 1.86. The lowest BCUT2D eigenvalue weighted by molar-refractivity contribution is -0.858. The molecule has 3 aromatic rings. The van der Waals surface area contributed by atoms with E-state index in [0.29, 0.717) is 5.95 Å². The fraction of sp³-hybridized carbons (Fsp3) is 0.550. The first-order valence-corrected chi connectivity index (χ1v) is 10.7. The summed E-state index contributed by atoms with van der Waals surface area (Å²) in [5.74, 6) is 1.66. The number of nitrogens with one attached hydrogen (secondary N) is 2. The van der Waals surface area contributed by atoms with Crippen LogP contribution in [0.2, 0.25) is 0 Å². The van der Waals surface area contributed by atoms with Crippen molar-refractivity contribution in [1.29, 1.82) is 0 Å². The molecule has 0 fully saturated rings. The van der Waals surface area contributed by atoms with Crippen LogP contribution < -0.4 is 10.2 Å². The van der Waals surface area contributed by atoms with Crippen molar-refractivity contribution in [3.63, 3.8) is 0 Å². The summed E-state index contributed by atoms with van der Waals surface area (Å²) >= 11 is 1.84. The second kappa shape index (κ2) is 7.56. The maximum atomic E-state index is 4.92. The van der Waals surface area contributed by atoms with Gasteiger partial charge in [0.25, 0.3) is 5.95 Å². The second-order valence-corrected chi connectivity index (χ2v) is 8.92. The molecule has 0 aromatic carbocycles. The molecule has 144 valence electrons. The van der Waals surface area contributed by atoms with Crippen molar-refractivity contribution in [3.05, 3.63) is 27.9 Å². The van der Waals surface area contributed by atoms with Gasteiger partial charge >= 0.3 is 0 Å². The van der Waals surface area contributed by atoms with E-state index in [4.69, 9.17) is 9.97 Å². The highest BCUT2D eigenvalue weighted by Gasteiger charge is 2.22. The summed E-state index contributed by atoms with van der Waals surface area (Å²) in [7, 11) is 4.39. The molecule has 0 saturated heterocycles. The molecule has 2 N–H and O–H groups in total. The molecule has 0 saturated carbocycles. The molecular formula is C20H29N6S+. The summed E-state index contributed by atoms with van der Waals surface area (Å²) in [4.78, 5) is 13.9. The van der Waals surface area contributed by atoms with Gasteiger partial charge in [-0.1, -0.05) is 0 Å². The maximum absolute atomic E-state index is 4.92. The Bertz CT molecular complexity index is 955. The summed E-state index contributed by atoms with van der Waals surface area (Å²) in [5.41, 5.74) is 3.53. The van der Waals surface area contributed by atoms with E-state index < -0.39 is 0 Å². The van der Waals surface area contributed by atoms with Crippen LogP contribution >= 0.6 is 11.3 Å². The minimum absolute atomic E-state index is 0.674. The van der Waals surface area contributed by atoms with Crippen molar-refractivity contribution in [3.8, 4) is 5.95 Å². The van der Waals surface area contributed by atoms with E-state index in [2.05, 4.69) is 37.5 Å². The Morgan fingerprint density at radius 3 is 2.74 bits per heavy atom. The predicted octanol–water partition coefficient (Wildman–Crippen LogP) is 2.32. The standard InChI is InChI=1S/C20H28N6S/c1-13-12-14(2)26(24-13)20-22-18(21-10-7-11-25(3)4)17-15-8-5-6-9-16(15)27-19(17)23-20/h12H,5-11H2,1-4H3,(H,21,22,23)/p+1. The number of hydrogen-bond acceptors (Lipinski definition) is 5. The van der Waals surface area contributed by atoms with E-state index in [-0.39, 0.29) is 0 Å². The van der Waals surface area contributed by atoms with Gasteiger partial charge in [-0.05, 0) is 51.2 Å². The van der Waals surface area contributed by atoms with Crippen LogP contribution in [0.5, 0.6) is 0 Å². The number of fused-ring (bicyclic) bond motifs is 3. The van der Waals surface area contributed by atoms with E-state index in [0.717, 1.165) is 48.0 Å². The lowest BCUT2D eigenvalue weighted by Crippen LogP contribution is -3.05. The van der Waals surface area contributed by atoms with Gasteiger partial charge in [0, 0.05) is 23.5 Å². The molecule has 27 heavy (non-hydrogen) atoms. The van der Waals surface area contributed by atoms with Gasteiger partial charge in [0.2, 0.25) is 0 Å². The Balaban J connectivity index is 1.76. The highest BCUT2D eigenvalue weighted by molar-refractivity contribution is 7.19. The van der Waals surface area contributed by atoms with Crippen molar-refractivity contribution in [2.45, 2.75) is 46.0 Å². The molecule has 0 aliphatic heterocycles. The third kappa shape index (κ3) is 3.71. The Labute approximate surface area is 164 Å². The SMILES string of the molecule is Cc1cc(C)n(-c2nc(NCCC[NH+](C)C)c3c4c(sc3n2)CCCC4)n1. The van der Waals surface area contributed by atoms with Gasteiger partial charge in [-0.25, -0.2) is 4.68 Å². The van der Waals surface area contributed by atoms with Crippen LogP contribution in [0.1, 0.15) is 41.1 Å². The van der Waals surface area contributed by atoms with E-state index >= 15 is 0 Å². The first-order chi connectivity index (χ1) is 13.0. The molecule has 7 heteroatoms. The highest BCUT2D eigenvalue weighted by Crippen LogP contribution is 2.39. The fourth-order valence-corrected chi connectivity index (χ4v) is 5.11. The van der Waals surface area contributed by atoms with E-state index in [1.165, 1.54) is 40.0 Å². The van der Waals surface area contributed by atoms with E-state index in [1.54, 1.807) is 0 Å². The van der Waals surface area contributed by atoms with Crippen LogP contribution in [-0.2, 0) is 12.8 Å². The minimum Gasteiger partial charge on any atom is -0.369 e. The molecule has 1 aliphatic rings. The Morgan fingerprint density at radius 1 is 1.19 bits per heavy atom. The number of anilines is 1. The molecule has 3 aromatic heterocycles. The maximum Gasteiger partial charge on any atom is 0.254 e. The average Bonchev–Trinajstić information content (AvgIpc) is 3.17. The average molecular weight is 386 g/mol. The zero-order chi connectivity index (χ0) is 19.0. The highest BCUT2D eigenvalue weighted by atomic mass is 32.1. The fourth-order valence-electron chi connectivity index (χ4n) is 3.85. The van der Waals surface area contributed by atoms with Gasteiger partial charge in [-0.3, -0.25) is 0 Å². The molecule has 3 heterocycles. The molecular weight excluding hydrogens is 356 g/mol. The number of thiophene rings is 1. The third-order valence-corrected chi connectivity index (χ3v) is 6.33. The largest absolute Gasteiger partial charge is 0.369 e. The Morgan fingerprint density at radius 2 is 2.00 bits per heavy atom. The van der Waals surface area contributed by atoms with Crippen molar-refractivity contribution >= 4 is 27.4 Å². The van der Waals surface area contributed by atoms with Crippen LogP contribution in [-0.4, -0.2) is 46.9 Å². The summed E-state index contributed by atoms with van der Waals surface area (Å²) in [6.45, 7) is 6.14. The lowest BCUT2D eigenvalue weighted by Gasteiger charge is -2.14. The third-order valence-electron chi connectivity index (χ3n) is 5.15. The predicted molar refractivity (Wildman–Crippen MR) is 111 cm³/mol. The van der Waals surface area contributed by atoms with Crippen molar-refractivity contribution < 1.29 is 4.90 Å². The number of rotatable bonds is 6. The molecule has 1 aliphatic carbocycles. The zero-order valence-electron chi connectivity index (χ0n) is 16.7. The normalized spacial score (nSPS) is 14.1. The molecule has 0 unspecified atom stereocenters. The number of hydrogen-bond donors (Lipinski definition) is 2. The van der Waals surface area contributed by atoms with Gasteiger partial charge < -0.3 is 10.2 Å². The summed E-state index contributed by atoms with van der Waals surface area (Å²) in [6.07, 6.45) is 5.99. The zero-order valence-corrected chi connectivity index (χ0v) is 17.5. The van der Waals surface area contributed by atoms with Gasteiger partial charge in [0.05, 0.1) is 31.7 Å². The van der Waals surface area contributed by atoms with Gasteiger partial charge in [0.1, 0.15) is 10.6 Å². The number of aryl methyl sites for hydroxylation is 4. The summed E-state index contributed by atoms with van der Waals surface area (Å²) in [5, 5.41) is 9.46. The van der Waals surface area contributed by atoms with Crippen molar-refractivity contribution in [2.24, 2.45) is 0 Å². The van der Waals surface area contributed by atoms with Gasteiger partial charge in [0.15, 0.2) is 0 Å². The smallest absolute Gasteiger partial charge is 0.254 e. The number of aromatic nitrogens is 4. The van der Waals surface area contributed by atoms with Gasteiger partial charge in [-0.2, -0.15) is 15.1 Å². The Hall–Kier alpha value is -1.99. The first-order valence-electron chi connectivity index (χ1n) is 9.92. The minimum atomic E-state index is 0.674. The van der Waals surface area contributed by atoms with Gasteiger partial charge in [-0.15, -0.1) is 11.3 Å². The van der Waals surface area contributed by atoms with Crippen molar-refractivity contribution in [2.75, 3.05) is 32.5 Å². The molecule has 0 spiro atoms. The molecule has 0 radical (unpaired) electrons. The molecule has 0 amide bonds. The van der Waals surface area contributed by atoms with E-state index in [9.17, 15) is 0 Å². The summed E-state index contributed by atoms with van der Waals surface area (Å²) in [6, 6.07) is 2.07. The molecule has 0 atom stereocenters. The topological polar surface area (TPSA) is 60.1 Å². The molecule has 6 nitrogen and oxygen atoms in total. The quantitative estimate of drug-likeness (QED) is 0.640. The van der Waals surface area contributed by atoms with E-state index in [1.807, 2.05) is 22.9 Å². The van der Waals surface area contributed by atoms with Crippen molar-refractivity contribution in [1.82, 2.24) is 19.7 Å². The first kappa shape index (κ1) is 18.4. The lowest BCUT2D eigenvalue weighted by atomic mass is 9.97. The molecule has 4 rings (SSSR count). The molecule has 0 bridgehead atoms. The number of nitrogens with zero attached hydrogens (tertiary/aromatic N) is 4. The van der Waals surface area contributed by atoms with Crippen LogP contribution in [0.3, 0.4) is 0 Å². The monoisotopic (exact) mass is 385 g/mol. The Kier molecular flexibility index (Phi) is 5.14. The second-order valence-electron chi connectivity index (χ2n) is 7.84. The van der Waals surface area contributed by atoms with Crippen LogP contribution in [0.15, 0.2) is 6.07 Å². The number of quaternary nitrogens is 1. The van der Waals surface area contributed by atoms with Crippen LogP contribution in [0, 0.1) is 13.8 Å².